The first-order valence-electron chi connectivity index (χ1n) is 9.29. The first-order valence-corrected chi connectivity index (χ1v) is 9.29. The van der Waals surface area contributed by atoms with Gasteiger partial charge in [0.2, 0.25) is 0 Å². The number of likely N-dealkylation sites (tertiary alicyclic amines) is 1. The van der Waals surface area contributed by atoms with E-state index in [0.29, 0.717) is 18.4 Å². The van der Waals surface area contributed by atoms with Crippen molar-refractivity contribution in [3.63, 3.8) is 0 Å². The number of para-hydroxylation sites is 1. The highest BCUT2D eigenvalue weighted by Crippen LogP contribution is 2.40. The SMILES string of the molecule is Oc1ccc(C(O)CN2CC3CC(Oc4c(F)cccc4F)C[C@@H]3C2)cc1. The molecular weight excluding hydrogens is 352 g/mol. The molecule has 3 unspecified atom stereocenters. The van der Waals surface area contributed by atoms with E-state index < -0.39 is 17.7 Å². The van der Waals surface area contributed by atoms with Crippen LogP contribution < -0.4 is 4.74 Å². The number of aliphatic hydroxyl groups is 1. The lowest BCUT2D eigenvalue weighted by Gasteiger charge is -2.22. The summed E-state index contributed by atoms with van der Waals surface area (Å²) in [4.78, 5) is 2.23. The molecule has 1 heterocycles. The van der Waals surface area contributed by atoms with Crippen molar-refractivity contribution in [3.05, 3.63) is 59.7 Å². The van der Waals surface area contributed by atoms with Crippen molar-refractivity contribution < 1.29 is 23.7 Å². The first-order chi connectivity index (χ1) is 13.0. The molecule has 4 rings (SSSR count). The van der Waals surface area contributed by atoms with Crippen molar-refractivity contribution >= 4 is 0 Å². The predicted octanol–water partition coefficient (Wildman–Crippen LogP) is 3.49. The summed E-state index contributed by atoms with van der Waals surface area (Å²) in [5.41, 5.74) is 0.779. The molecule has 2 aromatic carbocycles. The highest BCUT2D eigenvalue weighted by atomic mass is 19.1. The van der Waals surface area contributed by atoms with Gasteiger partial charge in [0.1, 0.15) is 5.75 Å². The molecule has 2 fully saturated rings. The summed E-state index contributed by atoms with van der Waals surface area (Å²) in [6.45, 7) is 2.23. The number of hydrogen-bond acceptors (Lipinski definition) is 4. The number of halogens is 2. The first kappa shape index (κ1) is 18.2. The van der Waals surface area contributed by atoms with Crippen molar-refractivity contribution in [2.24, 2.45) is 11.8 Å². The Bertz CT molecular complexity index is 764. The summed E-state index contributed by atoms with van der Waals surface area (Å²) in [6, 6.07) is 10.3. The molecule has 4 atom stereocenters. The van der Waals surface area contributed by atoms with Crippen molar-refractivity contribution in [3.8, 4) is 11.5 Å². The molecule has 1 saturated carbocycles. The Morgan fingerprint density at radius 3 is 2.19 bits per heavy atom. The molecule has 0 amide bonds. The number of fused-ring (bicyclic) bond motifs is 1. The predicted molar refractivity (Wildman–Crippen MR) is 96.5 cm³/mol. The van der Waals surface area contributed by atoms with Crippen LogP contribution in [0.25, 0.3) is 0 Å². The van der Waals surface area contributed by atoms with Crippen LogP contribution in [0.4, 0.5) is 8.78 Å². The van der Waals surface area contributed by atoms with Crippen LogP contribution in [0.5, 0.6) is 11.5 Å². The van der Waals surface area contributed by atoms with E-state index in [1.54, 1.807) is 24.3 Å². The highest BCUT2D eigenvalue weighted by molar-refractivity contribution is 5.28. The summed E-state index contributed by atoms with van der Waals surface area (Å²) in [5, 5.41) is 19.8. The lowest BCUT2D eigenvalue weighted by Crippen LogP contribution is -2.29. The molecule has 2 aliphatic rings. The van der Waals surface area contributed by atoms with Crippen LogP contribution >= 0.6 is 0 Å². The number of aliphatic hydroxyl groups excluding tert-OH is 1. The third-order valence-corrected chi connectivity index (χ3v) is 5.70. The van der Waals surface area contributed by atoms with Gasteiger partial charge in [-0.15, -0.1) is 0 Å². The van der Waals surface area contributed by atoms with Crippen molar-refractivity contribution in [1.29, 1.82) is 0 Å². The second-order valence-electron chi connectivity index (χ2n) is 7.61. The molecule has 144 valence electrons. The van der Waals surface area contributed by atoms with Crippen LogP contribution in [0.15, 0.2) is 42.5 Å². The molecule has 0 radical (unpaired) electrons. The van der Waals surface area contributed by atoms with Crippen LogP contribution in [0.2, 0.25) is 0 Å². The number of β-amino-alcohol motifs (C(OH)–C–C–N with tert-alkyl or cyclic N) is 1. The number of phenols is 1. The molecule has 27 heavy (non-hydrogen) atoms. The summed E-state index contributed by atoms with van der Waals surface area (Å²) >= 11 is 0. The Morgan fingerprint density at radius 2 is 1.59 bits per heavy atom. The molecule has 1 aliphatic heterocycles. The Labute approximate surface area is 157 Å². The average molecular weight is 375 g/mol. The maximum Gasteiger partial charge on any atom is 0.191 e. The number of ether oxygens (including phenoxy) is 1. The van der Waals surface area contributed by atoms with Crippen LogP contribution in [0, 0.1) is 23.5 Å². The Kier molecular flexibility index (Phi) is 5.02. The van der Waals surface area contributed by atoms with Gasteiger partial charge in [-0.1, -0.05) is 18.2 Å². The number of benzene rings is 2. The molecule has 2 N–H and O–H groups in total. The highest BCUT2D eigenvalue weighted by Gasteiger charge is 2.42. The molecule has 0 spiro atoms. The maximum atomic E-state index is 13.8. The van der Waals surface area contributed by atoms with Gasteiger partial charge >= 0.3 is 0 Å². The van der Waals surface area contributed by atoms with Gasteiger partial charge in [0, 0.05) is 19.6 Å². The monoisotopic (exact) mass is 375 g/mol. The van der Waals surface area contributed by atoms with E-state index in [9.17, 15) is 19.0 Å². The zero-order valence-corrected chi connectivity index (χ0v) is 14.9. The van der Waals surface area contributed by atoms with Gasteiger partial charge < -0.3 is 14.9 Å². The van der Waals surface area contributed by atoms with Crippen molar-refractivity contribution in [2.75, 3.05) is 19.6 Å². The zero-order valence-electron chi connectivity index (χ0n) is 14.9. The summed E-state index contributed by atoms with van der Waals surface area (Å²) in [5.74, 6) is -0.591. The molecule has 0 bridgehead atoms. The average Bonchev–Trinajstić information content (AvgIpc) is 3.16. The fourth-order valence-corrected chi connectivity index (χ4v) is 4.40. The third-order valence-electron chi connectivity index (χ3n) is 5.70. The summed E-state index contributed by atoms with van der Waals surface area (Å²) < 4.78 is 33.2. The van der Waals surface area contributed by atoms with Crippen LogP contribution in [0.1, 0.15) is 24.5 Å². The Morgan fingerprint density at radius 1 is 1.00 bits per heavy atom. The van der Waals surface area contributed by atoms with E-state index >= 15 is 0 Å². The minimum absolute atomic E-state index is 0.171. The van der Waals surface area contributed by atoms with Crippen LogP contribution in [0.3, 0.4) is 0 Å². The topological polar surface area (TPSA) is 52.9 Å². The van der Waals surface area contributed by atoms with E-state index in [1.807, 2.05) is 0 Å². The van der Waals surface area contributed by atoms with Gasteiger partial charge in [0.15, 0.2) is 17.4 Å². The number of phenolic OH excluding ortho intramolecular Hbond substituents is 1. The lowest BCUT2D eigenvalue weighted by molar-refractivity contribution is 0.115. The molecule has 0 aromatic heterocycles. The standard InChI is InChI=1S/C21H23F2NO3/c22-18-2-1-3-19(23)21(18)27-17-8-14-10-24(11-15(14)9-17)12-20(26)13-4-6-16(25)7-5-13/h1-7,14-15,17,20,25-26H,8-12H2/t14-,15?,17?,20?/m1/s1. The second kappa shape index (κ2) is 7.44. The second-order valence-corrected chi connectivity index (χ2v) is 7.61. The smallest absolute Gasteiger partial charge is 0.191 e. The minimum atomic E-state index is -0.661. The largest absolute Gasteiger partial charge is 0.508 e. The Hall–Kier alpha value is -2.18. The quantitative estimate of drug-likeness (QED) is 0.840. The van der Waals surface area contributed by atoms with Crippen molar-refractivity contribution in [1.82, 2.24) is 4.90 Å². The fourth-order valence-electron chi connectivity index (χ4n) is 4.40. The van der Waals surface area contributed by atoms with Gasteiger partial charge in [0.05, 0.1) is 12.2 Å². The van der Waals surface area contributed by atoms with E-state index in [1.165, 1.54) is 18.2 Å². The normalized spacial score (nSPS) is 26.1. The van der Waals surface area contributed by atoms with Crippen LogP contribution in [-0.4, -0.2) is 40.9 Å². The minimum Gasteiger partial charge on any atom is -0.508 e. The summed E-state index contributed by atoms with van der Waals surface area (Å²) in [7, 11) is 0. The fraction of sp³-hybridized carbons (Fsp3) is 0.429. The van der Waals surface area contributed by atoms with Gasteiger partial charge in [-0.3, -0.25) is 4.90 Å². The van der Waals surface area contributed by atoms with Crippen LogP contribution in [-0.2, 0) is 0 Å². The summed E-state index contributed by atoms with van der Waals surface area (Å²) in [6.07, 6.45) is 0.758. The third kappa shape index (κ3) is 3.92. The maximum absolute atomic E-state index is 13.8. The molecule has 6 heteroatoms. The molecular formula is C21H23F2NO3. The van der Waals surface area contributed by atoms with Crippen molar-refractivity contribution in [2.45, 2.75) is 25.0 Å². The van der Waals surface area contributed by atoms with Gasteiger partial charge in [-0.25, -0.2) is 8.78 Å². The Balaban J connectivity index is 1.31. The molecule has 4 nitrogen and oxygen atoms in total. The van der Waals surface area contributed by atoms with E-state index in [2.05, 4.69) is 4.90 Å². The number of hydrogen-bond donors (Lipinski definition) is 2. The molecule has 1 aliphatic carbocycles. The zero-order chi connectivity index (χ0) is 19.0. The van der Waals surface area contributed by atoms with E-state index in [-0.39, 0.29) is 17.6 Å². The van der Waals surface area contributed by atoms with Gasteiger partial charge in [-0.05, 0) is 54.5 Å². The number of aromatic hydroxyl groups is 1. The molecule has 1 saturated heterocycles. The molecule has 2 aromatic rings. The number of rotatable bonds is 5. The lowest BCUT2D eigenvalue weighted by atomic mass is 10.0. The van der Waals surface area contributed by atoms with Gasteiger partial charge in [-0.2, -0.15) is 0 Å². The number of nitrogens with zero attached hydrogens (tertiary/aromatic N) is 1. The van der Waals surface area contributed by atoms with Gasteiger partial charge in [0.25, 0.3) is 0 Å². The van der Waals surface area contributed by atoms with E-state index in [4.69, 9.17) is 4.74 Å². The van der Waals surface area contributed by atoms with E-state index in [0.717, 1.165) is 31.5 Å².